The minimum Gasteiger partial charge on any atom is -0.480 e. The van der Waals surface area contributed by atoms with Crippen molar-refractivity contribution in [3.8, 4) is 0 Å². The smallest absolute Gasteiger partial charge is 0.326 e. The molecule has 148 valence electrons. The topological polar surface area (TPSA) is 75.6 Å². The van der Waals surface area contributed by atoms with Crippen molar-refractivity contribution in [3.63, 3.8) is 0 Å². The van der Waals surface area contributed by atoms with E-state index in [1.165, 1.54) is 0 Å². The third kappa shape index (κ3) is 3.68. The lowest BCUT2D eigenvalue weighted by Gasteiger charge is -2.22. The predicted molar refractivity (Wildman–Crippen MR) is 116 cm³/mol. The Morgan fingerprint density at radius 1 is 0.931 bits per heavy atom. The normalized spacial score (nSPS) is 13.1. The molecule has 0 unspecified atom stereocenters. The van der Waals surface area contributed by atoms with E-state index in [0.29, 0.717) is 5.69 Å². The molecule has 5 nitrogen and oxygen atoms in total. The van der Waals surface area contributed by atoms with Crippen molar-refractivity contribution >= 4 is 49.9 Å². The van der Waals surface area contributed by atoms with Crippen molar-refractivity contribution in [1.82, 2.24) is 0 Å². The number of hydrogen-bond donors (Lipinski definition) is 2. The molecular weight excluding hydrogens is 366 g/mol. The molecule has 0 spiro atoms. The fraction of sp³-hybridized carbons (Fsp3) is 0.250. The maximum atomic E-state index is 12.2. The first-order valence-corrected chi connectivity index (χ1v) is 9.61. The Hall–Kier alpha value is -3.34. The van der Waals surface area contributed by atoms with Gasteiger partial charge in [0.05, 0.1) is 6.42 Å². The van der Waals surface area contributed by atoms with Crippen LogP contribution in [0, 0.1) is 0 Å². The van der Waals surface area contributed by atoms with E-state index in [-0.39, 0.29) is 6.42 Å². The van der Waals surface area contributed by atoms with Gasteiger partial charge in [-0.25, -0.2) is 4.79 Å². The number of rotatable bonds is 5. The quantitative estimate of drug-likeness (QED) is 0.363. The molecule has 4 aromatic rings. The second-order valence-electron chi connectivity index (χ2n) is 8.29. The molecule has 2 N–H and O–H groups in total. The number of esters is 1. The molecule has 0 aliphatic rings. The lowest BCUT2D eigenvalue weighted by molar-refractivity contribution is -0.157. The van der Waals surface area contributed by atoms with Gasteiger partial charge in [0.2, 0.25) is 0 Å². The second-order valence-corrected chi connectivity index (χ2v) is 8.29. The summed E-state index contributed by atoms with van der Waals surface area (Å²) in [6, 6.07) is 17.1. The summed E-state index contributed by atoms with van der Waals surface area (Å²) in [5.41, 5.74) is 0.0272. The lowest BCUT2D eigenvalue weighted by Crippen LogP contribution is -2.34. The number of hydrogen-bond acceptors (Lipinski definition) is 4. The van der Waals surface area contributed by atoms with Gasteiger partial charge in [0.15, 0.2) is 0 Å². The Morgan fingerprint density at radius 2 is 1.52 bits per heavy atom. The molecule has 0 saturated carbocycles. The molecule has 1 atom stereocenters. The van der Waals surface area contributed by atoms with E-state index < -0.39 is 23.6 Å². The molecule has 0 heterocycles. The Kier molecular flexibility index (Phi) is 4.53. The molecule has 4 aromatic carbocycles. The number of carboxylic acid groups (broad SMARTS) is 1. The van der Waals surface area contributed by atoms with Gasteiger partial charge in [0.1, 0.15) is 11.6 Å². The molecule has 0 fully saturated rings. The van der Waals surface area contributed by atoms with Crippen LogP contribution in [-0.2, 0) is 14.3 Å². The Bertz CT molecular complexity index is 1210. The predicted octanol–water partition coefficient (Wildman–Crippen LogP) is 5.18. The van der Waals surface area contributed by atoms with Gasteiger partial charge in [-0.1, -0.05) is 48.5 Å². The van der Waals surface area contributed by atoms with Crippen LogP contribution < -0.4 is 5.32 Å². The van der Waals surface area contributed by atoms with Crippen LogP contribution in [0.1, 0.15) is 27.2 Å². The van der Waals surface area contributed by atoms with Gasteiger partial charge in [-0.3, -0.25) is 4.79 Å². The Balaban J connectivity index is 1.74. The molecule has 0 aliphatic carbocycles. The van der Waals surface area contributed by atoms with Gasteiger partial charge < -0.3 is 15.2 Å². The van der Waals surface area contributed by atoms with Crippen molar-refractivity contribution in [3.05, 3.63) is 54.6 Å². The van der Waals surface area contributed by atoms with Gasteiger partial charge in [0.25, 0.3) is 0 Å². The maximum absolute atomic E-state index is 12.2. The van der Waals surface area contributed by atoms with Crippen LogP contribution in [0.5, 0.6) is 0 Å². The summed E-state index contributed by atoms with van der Waals surface area (Å²) in [6.45, 7) is 5.28. The number of carbonyl (C=O) groups is 2. The number of benzene rings is 4. The SMILES string of the molecule is CC(C)(C)OC(=O)C[C@H](Nc1ccc2ccc3cccc4ccc1c2c34)C(=O)O. The van der Waals surface area contributed by atoms with Gasteiger partial charge >= 0.3 is 11.9 Å². The highest BCUT2D eigenvalue weighted by Crippen LogP contribution is 2.37. The first kappa shape index (κ1) is 19.0. The molecule has 0 aromatic heterocycles. The standard InChI is InChI=1S/C24H23NO4/c1-24(2,3)29-20(26)13-19(23(27)28)25-18-12-10-16-8-7-14-5-4-6-15-9-11-17(18)22(16)21(14)15/h4-12,19,25H,13H2,1-3H3,(H,27,28)/t19-/m0/s1. The number of carbonyl (C=O) groups excluding carboxylic acids is 1. The fourth-order valence-corrected chi connectivity index (χ4v) is 3.80. The number of nitrogens with one attached hydrogen (secondary N) is 1. The van der Waals surface area contributed by atoms with Gasteiger partial charge in [-0.2, -0.15) is 0 Å². The van der Waals surface area contributed by atoms with E-state index >= 15 is 0 Å². The fourth-order valence-electron chi connectivity index (χ4n) is 3.80. The van der Waals surface area contributed by atoms with Crippen molar-refractivity contribution in [1.29, 1.82) is 0 Å². The van der Waals surface area contributed by atoms with Crippen molar-refractivity contribution < 1.29 is 19.4 Å². The highest BCUT2D eigenvalue weighted by atomic mass is 16.6. The molecule has 0 bridgehead atoms. The van der Waals surface area contributed by atoms with Crippen molar-refractivity contribution in [2.24, 2.45) is 0 Å². The zero-order valence-electron chi connectivity index (χ0n) is 16.7. The van der Waals surface area contributed by atoms with E-state index in [9.17, 15) is 14.7 Å². The summed E-state index contributed by atoms with van der Waals surface area (Å²) in [5, 5.41) is 19.3. The van der Waals surface area contributed by atoms with Crippen LogP contribution in [0.15, 0.2) is 54.6 Å². The molecule has 0 aliphatic heterocycles. The zero-order chi connectivity index (χ0) is 20.8. The highest BCUT2D eigenvalue weighted by molar-refractivity contribution is 6.25. The van der Waals surface area contributed by atoms with Crippen LogP contribution in [-0.4, -0.2) is 28.7 Å². The van der Waals surface area contributed by atoms with Crippen molar-refractivity contribution in [2.45, 2.75) is 38.8 Å². The monoisotopic (exact) mass is 389 g/mol. The minimum atomic E-state index is -1.10. The molecule has 0 saturated heterocycles. The maximum Gasteiger partial charge on any atom is 0.326 e. The summed E-state index contributed by atoms with van der Waals surface area (Å²) in [7, 11) is 0. The molecular formula is C24H23NO4. The Labute approximate surface area is 168 Å². The third-order valence-electron chi connectivity index (χ3n) is 4.95. The number of ether oxygens (including phenoxy) is 1. The van der Waals surface area contributed by atoms with Gasteiger partial charge in [-0.15, -0.1) is 0 Å². The Morgan fingerprint density at radius 3 is 2.14 bits per heavy atom. The van der Waals surface area contributed by atoms with E-state index in [0.717, 1.165) is 32.3 Å². The summed E-state index contributed by atoms with van der Waals surface area (Å²) >= 11 is 0. The second kappa shape index (κ2) is 6.92. The van der Waals surface area contributed by atoms with Gasteiger partial charge in [-0.05, 0) is 53.8 Å². The minimum absolute atomic E-state index is 0.255. The van der Waals surface area contributed by atoms with Crippen LogP contribution in [0.3, 0.4) is 0 Å². The number of carboxylic acids is 1. The summed E-state index contributed by atoms with van der Waals surface area (Å²) in [4.78, 5) is 24.0. The van der Waals surface area contributed by atoms with E-state index in [1.54, 1.807) is 20.8 Å². The molecule has 0 amide bonds. The number of aliphatic carboxylic acids is 1. The summed E-state index contributed by atoms with van der Waals surface area (Å²) < 4.78 is 5.29. The molecule has 4 rings (SSSR count). The first-order chi connectivity index (χ1) is 13.7. The van der Waals surface area contributed by atoms with Crippen LogP contribution in [0.2, 0.25) is 0 Å². The first-order valence-electron chi connectivity index (χ1n) is 9.61. The zero-order valence-corrected chi connectivity index (χ0v) is 16.7. The third-order valence-corrected chi connectivity index (χ3v) is 4.95. The lowest BCUT2D eigenvalue weighted by atomic mass is 9.93. The van der Waals surface area contributed by atoms with E-state index in [2.05, 4.69) is 29.6 Å². The number of anilines is 1. The van der Waals surface area contributed by atoms with Gasteiger partial charge in [0, 0.05) is 11.1 Å². The molecule has 5 heteroatoms. The van der Waals surface area contributed by atoms with Crippen LogP contribution in [0.25, 0.3) is 32.3 Å². The van der Waals surface area contributed by atoms with E-state index in [4.69, 9.17) is 4.74 Å². The van der Waals surface area contributed by atoms with Crippen LogP contribution in [0.4, 0.5) is 5.69 Å². The largest absolute Gasteiger partial charge is 0.480 e. The summed E-state index contributed by atoms with van der Waals surface area (Å²) in [5.74, 6) is -1.64. The van der Waals surface area contributed by atoms with Crippen molar-refractivity contribution in [2.75, 3.05) is 5.32 Å². The average Bonchev–Trinajstić information content (AvgIpc) is 2.65. The summed E-state index contributed by atoms with van der Waals surface area (Å²) in [6.07, 6.45) is -0.255. The average molecular weight is 389 g/mol. The van der Waals surface area contributed by atoms with E-state index in [1.807, 2.05) is 30.3 Å². The van der Waals surface area contributed by atoms with Crippen LogP contribution >= 0.6 is 0 Å². The highest BCUT2D eigenvalue weighted by Gasteiger charge is 2.26. The molecule has 29 heavy (non-hydrogen) atoms. The molecule has 0 radical (unpaired) electrons.